The summed E-state index contributed by atoms with van der Waals surface area (Å²) in [5.74, 6) is 0.670. The highest BCUT2D eigenvalue weighted by Gasteiger charge is 1.96. The lowest BCUT2D eigenvalue weighted by atomic mass is 10.1. The molecule has 106 valence electrons. The van der Waals surface area contributed by atoms with Gasteiger partial charge in [-0.2, -0.15) is 0 Å². The largest absolute Gasteiger partial charge is 0.492 e. The lowest BCUT2D eigenvalue weighted by Crippen LogP contribution is -2.23. The fraction of sp³-hybridized carbons (Fsp3) is 0.250. The summed E-state index contributed by atoms with van der Waals surface area (Å²) in [7, 11) is 0. The van der Waals surface area contributed by atoms with E-state index < -0.39 is 0 Å². The topological polar surface area (TPSA) is 21.3 Å². The SMILES string of the molecule is Fc1ccc(CCNCCOc2cccc(Br)c2)cc1. The van der Waals surface area contributed by atoms with E-state index in [0.717, 1.165) is 35.3 Å². The molecule has 0 atom stereocenters. The van der Waals surface area contributed by atoms with Crippen LogP contribution in [0.2, 0.25) is 0 Å². The first-order valence-corrected chi connectivity index (χ1v) is 7.37. The molecule has 0 amide bonds. The molecule has 0 saturated carbocycles. The zero-order chi connectivity index (χ0) is 14.2. The fourth-order valence-corrected chi connectivity index (χ4v) is 2.18. The molecule has 0 radical (unpaired) electrons. The molecule has 0 saturated heterocycles. The average molecular weight is 338 g/mol. The smallest absolute Gasteiger partial charge is 0.123 e. The van der Waals surface area contributed by atoms with Crippen LogP contribution in [0, 0.1) is 5.82 Å². The van der Waals surface area contributed by atoms with Gasteiger partial charge in [0.05, 0.1) is 0 Å². The zero-order valence-corrected chi connectivity index (χ0v) is 12.7. The summed E-state index contributed by atoms with van der Waals surface area (Å²) in [5, 5.41) is 3.30. The van der Waals surface area contributed by atoms with E-state index in [1.54, 1.807) is 0 Å². The van der Waals surface area contributed by atoms with E-state index in [0.29, 0.717) is 6.61 Å². The Hall–Kier alpha value is -1.39. The van der Waals surface area contributed by atoms with Gasteiger partial charge >= 0.3 is 0 Å². The van der Waals surface area contributed by atoms with Crippen LogP contribution in [-0.2, 0) is 6.42 Å². The molecular formula is C16H17BrFNO. The van der Waals surface area contributed by atoms with E-state index in [9.17, 15) is 4.39 Å². The van der Waals surface area contributed by atoms with Gasteiger partial charge in [-0.25, -0.2) is 4.39 Å². The first-order valence-electron chi connectivity index (χ1n) is 6.57. The van der Waals surface area contributed by atoms with Gasteiger partial charge in [-0.3, -0.25) is 0 Å². The molecule has 0 fully saturated rings. The molecule has 0 heterocycles. The van der Waals surface area contributed by atoms with Gasteiger partial charge in [0.1, 0.15) is 18.2 Å². The highest BCUT2D eigenvalue weighted by Crippen LogP contribution is 2.17. The maximum atomic E-state index is 12.7. The minimum Gasteiger partial charge on any atom is -0.492 e. The summed E-state index contributed by atoms with van der Waals surface area (Å²) in [6.07, 6.45) is 0.886. The van der Waals surface area contributed by atoms with Crippen molar-refractivity contribution in [2.45, 2.75) is 6.42 Å². The maximum Gasteiger partial charge on any atom is 0.123 e. The number of hydrogen-bond donors (Lipinski definition) is 1. The van der Waals surface area contributed by atoms with E-state index in [2.05, 4.69) is 21.2 Å². The lowest BCUT2D eigenvalue weighted by Gasteiger charge is -2.08. The van der Waals surface area contributed by atoms with Crippen molar-refractivity contribution in [2.75, 3.05) is 19.7 Å². The van der Waals surface area contributed by atoms with Crippen LogP contribution in [0.25, 0.3) is 0 Å². The monoisotopic (exact) mass is 337 g/mol. The van der Waals surface area contributed by atoms with Gasteiger partial charge < -0.3 is 10.1 Å². The summed E-state index contributed by atoms with van der Waals surface area (Å²) in [5.41, 5.74) is 1.13. The Kier molecular flexibility index (Phi) is 6.02. The normalized spacial score (nSPS) is 10.5. The van der Waals surface area contributed by atoms with Gasteiger partial charge in [-0.1, -0.05) is 34.1 Å². The lowest BCUT2D eigenvalue weighted by molar-refractivity contribution is 0.314. The Morgan fingerprint density at radius 2 is 1.85 bits per heavy atom. The Labute approximate surface area is 127 Å². The molecule has 0 aromatic heterocycles. The summed E-state index contributed by atoms with van der Waals surface area (Å²) in [6, 6.07) is 14.4. The van der Waals surface area contributed by atoms with Crippen LogP contribution in [0.15, 0.2) is 53.0 Å². The number of rotatable bonds is 7. The van der Waals surface area contributed by atoms with E-state index in [4.69, 9.17) is 4.74 Å². The highest BCUT2D eigenvalue weighted by atomic mass is 79.9. The highest BCUT2D eigenvalue weighted by molar-refractivity contribution is 9.10. The molecule has 4 heteroatoms. The molecule has 1 N–H and O–H groups in total. The molecular weight excluding hydrogens is 321 g/mol. The number of nitrogens with one attached hydrogen (secondary N) is 1. The Bertz CT molecular complexity index is 530. The number of ether oxygens (including phenoxy) is 1. The van der Waals surface area contributed by atoms with Crippen molar-refractivity contribution in [1.29, 1.82) is 0 Å². The zero-order valence-electron chi connectivity index (χ0n) is 11.1. The van der Waals surface area contributed by atoms with Crippen molar-refractivity contribution >= 4 is 15.9 Å². The van der Waals surface area contributed by atoms with E-state index in [1.807, 2.05) is 36.4 Å². The molecule has 0 bridgehead atoms. The molecule has 2 rings (SSSR count). The molecule has 2 aromatic rings. The Balaban J connectivity index is 1.59. The Morgan fingerprint density at radius 1 is 1.05 bits per heavy atom. The van der Waals surface area contributed by atoms with Gasteiger partial charge in [-0.15, -0.1) is 0 Å². The minimum atomic E-state index is -0.191. The fourth-order valence-electron chi connectivity index (χ4n) is 1.81. The van der Waals surface area contributed by atoms with E-state index in [1.165, 1.54) is 12.1 Å². The third kappa shape index (κ3) is 5.31. The van der Waals surface area contributed by atoms with Crippen LogP contribution >= 0.6 is 15.9 Å². The third-order valence-corrected chi connectivity index (χ3v) is 3.34. The molecule has 2 nitrogen and oxygen atoms in total. The average Bonchev–Trinajstić information content (AvgIpc) is 2.45. The molecule has 0 aliphatic heterocycles. The van der Waals surface area contributed by atoms with Crippen LogP contribution in [0.1, 0.15) is 5.56 Å². The predicted molar refractivity (Wildman–Crippen MR) is 82.6 cm³/mol. The van der Waals surface area contributed by atoms with Gasteiger partial charge in [0.25, 0.3) is 0 Å². The van der Waals surface area contributed by atoms with Crippen molar-refractivity contribution in [3.8, 4) is 5.75 Å². The number of halogens is 2. The summed E-state index contributed by atoms with van der Waals surface area (Å²) in [4.78, 5) is 0. The maximum absolute atomic E-state index is 12.7. The summed E-state index contributed by atoms with van der Waals surface area (Å²) < 4.78 is 19.4. The molecule has 2 aromatic carbocycles. The molecule has 0 unspecified atom stereocenters. The summed E-state index contributed by atoms with van der Waals surface area (Å²) >= 11 is 3.40. The van der Waals surface area contributed by atoms with Gasteiger partial charge in [0, 0.05) is 11.0 Å². The first kappa shape index (κ1) is 15.0. The second-order valence-corrected chi connectivity index (χ2v) is 5.35. The van der Waals surface area contributed by atoms with E-state index in [-0.39, 0.29) is 5.82 Å². The second-order valence-electron chi connectivity index (χ2n) is 4.43. The molecule has 0 spiro atoms. The predicted octanol–water partition coefficient (Wildman–Crippen LogP) is 3.80. The molecule has 20 heavy (non-hydrogen) atoms. The second kappa shape index (κ2) is 8.02. The van der Waals surface area contributed by atoms with Crippen molar-refractivity contribution in [1.82, 2.24) is 5.32 Å². The molecule has 0 aliphatic carbocycles. The summed E-state index contributed by atoms with van der Waals surface area (Å²) in [6.45, 7) is 2.26. The Morgan fingerprint density at radius 3 is 2.60 bits per heavy atom. The van der Waals surface area contributed by atoms with Gasteiger partial charge in [-0.05, 0) is 48.9 Å². The third-order valence-electron chi connectivity index (χ3n) is 2.85. The van der Waals surface area contributed by atoms with Crippen LogP contribution in [-0.4, -0.2) is 19.7 Å². The first-order chi connectivity index (χ1) is 9.74. The van der Waals surface area contributed by atoms with Crippen molar-refractivity contribution in [2.24, 2.45) is 0 Å². The van der Waals surface area contributed by atoms with E-state index >= 15 is 0 Å². The van der Waals surface area contributed by atoms with Crippen LogP contribution in [0.3, 0.4) is 0 Å². The van der Waals surface area contributed by atoms with Crippen molar-refractivity contribution < 1.29 is 9.13 Å². The van der Waals surface area contributed by atoms with Crippen molar-refractivity contribution in [3.63, 3.8) is 0 Å². The minimum absolute atomic E-state index is 0.191. The van der Waals surface area contributed by atoms with Crippen molar-refractivity contribution in [3.05, 3.63) is 64.4 Å². The van der Waals surface area contributed by atoms with Gasteiger partial charge in [0.15, 0.2) is 0 Å². The van der Waals surface area contributed by atoms with Crippen LogP contribution in [0.4, 0.5) is 4.39 Å². The quantitative estimate of drug-likeness (QED) is 0.776. The number of hydrogen-bond acceptors (Lipinski definition) is 2. The standard InChI is InChI=1S/C16H17BrFNO/c17-14-2-1-3-16(12-14)20-11-10-19-9-8-13-4-6-15(18)7-5-13/h1-7,12,19H,8-11H2. The van der Waals surface area contributed by atoms with Gasteiger partial charge in [0.2, 0.25) is 0 Å². The van der Waals surface area contributed by atoms with Crippen LogP contribution < -0.4 is 10.1 Å². The number of benzene rings is 2. The van der Waals surface area contributed by atoms with Crippen LogP contribution in [0.5, 0.6) is 5.75 Å². The molecule has 0 aliphatic rings.